The average Bonchev–Trinajstić information content (AvgIpc) is 3.53. The van der Waals surface area contributed by atoms with Crippen LogP contribution in [0.1, 0.15) is 26.7 Å². The third kappa shape index (κ3) is 5.10. The van der Waals surface area contributed by atoms with Crippen molar-refractivity contribution < 1.29 is 18.5 Å². The highest BCUT2D eigenvalue weighted by Gasteiger charge is 2.26. The molecule has 0 radical (unpaired) electrons. The molecule has 35 heavy (non-hydrogen) atoms. The summed E-state index contributed by atoms with van der Waals surface area (Å²) in [7, 11) is 0. The minimum atomic E-state index is -0.273. The molecule has 182 valence electrons. The van der Waals surface area contributed by atoms with E-state index in [1.807, 2.05) is 27.5 Å². The van der Waals surface area contributed by atoms with E-state index in [2.05, 4.69) is 15.6 Å². The molecule has 0 spiro atoms. The number of anilines is 1. The smallest absolute Gasteiger partial charge is 0.264 e. The lowest BCUT2D eigenvalue weighted by molar-refractivity contribution is -0.117. The van der Waals surface area contributed by atoms with Crippen molar-refractivity contribution in [3.05, 3.63) is 64.1 Å². The molecule has 5 rings (SSSR count). The van der Waals surface area contributed by atoms with Crippen LogP contribution in [0.15, 0.2) is 40.9 Å². The van der Waals surface area contributed by atoms with Crippen LogP contribution in [0.25, 0.3) is 10.2 Å². The van der Waals surface area contributed by atoms with Crippen molar-refractivity contribution in [1.82, 2.24) is 24.7 Å². The lowest BCUT2D eigenvalue weighted by Crippen LogP contribution is -2.50. The summed E-state index contributed by atoms with van der Waals surface area (Å²) >= 11 is 1.43. The second kappa shape index (κ2) is 9.59. The van der Waals surface area contributed by atoms with Gasteiger partial charge >= 0.3 is 0 Å². The first kappa shape index (κ1) is 23.2. The molecule has 0 saturated carbocycles. The Morgan fingerprint density at radius 1 is 1.11 bits per heavy atom. The van der Waals surface area contributed by atoms with E-state index < -0.39 is 0 Å². The number of amides is 2. The number of rotatable bonds is 6. The first-order valence-corrected chi connectivity index (χ1v) is 12.1. The van der Waals surface area contributed by atoms with Crippen molar-refractivity contribution in [3.63, 3.8) is 0 Å². The van der Waals surface area contributed by atoms with Crippen molar-refractivity contribution in [2.75, 3.05) is 38.0 Å². The second-order valence-electron chi connectivity index (χ2n) is 8.64. The van der Waals surface area contributed by atoms with Crippen LogP contribution in [0.5, 0.6) is 0 Å². The molecule has 1 fully saturated rings. The number of aryl methyl sites for hydroxylation is 2. The summed E-state index contributed by atoms with van der Waals surface area (Å²) in [5.41, 5.74) is 1.80. The Balaban J connectivity index is 1.20. The van der Waals surface area contributed by atoms with Crippen LogP contribution in [-0.4, -0.2) is 69.3 Å². The molecular formula is C24H25FN6O3S. The molecule has 1 saturated heterocycles. The van der Waals surface area contributed by atoms with Crippen LogP contribution in [-0.2, 0) is 11.3 Å². The second-order valence-corrected chi connectivity index (χ2v) is 9.67. The Morgan fingerprint density at radius 2 is 1.86 bits per heavy atom. The Kier molecular flexibility index (Phi) is 6.35. The minimum Gasteiger partial charge on any atom is -0.360 e. The zero-order valence-electron chi connectivity index (χ0n) is 19.5. The van der Waals surface area contributed by atoms with Gasteiger partial charge in [0.2, 0.25) is 5.91 Å². The molecule has 0 atom stereocenters. The summed E-state index contributed by atoms with van der Waals surface area (Å²) in [6, 6.07) is 9.93. The number of aromatic nitrogens is 3. The normalized spacial score (nSPS) is 14.5. The van der Waals surface area contributed by atoms with Crippen LogP contribution < -0.4 is 5.32 Å². The summed E-state index contributed by atoms with van der Waals surface area (Å²) in [5, 5.41) is 12.1. The highest BCUT2D eigenvalue weighted by molar-refractivity contribution is 7.20. The molecule has 1 aliphatic heterocycles. The summed E-state index contributed by atoms with van der Waals surface area (Å²) in [6.07, 6.45) is 0. The van der Waals surface area contributed by atoms with Crippen molar-refractivity contribution in [1.29, 1.82) is 0 Å². The Bertz CT molecular complexity index is 1370. The zero-order chi connectivity index (χ0) is 24.5. The van der Waals surface area contributed by atoms with E-state index in [9.17, 15) is 14.0 Å². The Labute approximate surface area is 205 Å². The van der Waals surface area contributed by atoms with Gasteiger partial charge in [-0.05, 0) is 37.6 Å². The predicted octanol–water partition coefficient (Wildman–Crippen LogP) is 3.29. The number of nitrogens with one attached hydrogen (secondary N) is 1. The first-order chi connectivity index (χ1) is 16.9. The third-order valence-corrected chi connectivity index (χ3v) is 7.12. The molecule has 4 heterocycles. The molecule has 0 unspecified atom stereocenters. The lowest BCUT2D eigenvalue weighted by Gasteiger charge is -2.34. The molecule has 0 bridgehead atoms. The van der Waals surface area contributed by atoms with Gasteiger partial charge in [-0.3, -0.25) is 19.2 Å². The topological polar surface area (TPSA) is 96.5 Å². The number of fused-ring (bicyclic) bond motifs is 1. The van der Waals surface area contributed by atoms with Gasteiger partial charge in [-0.25, -0.2) is 4.39 Å². The Morgan fingerprint density at radius 3 is 2.54 bits per heavy atom. The molecule has 1 aliphatic rings. The minimum absolute atomic E-state index is 0.0129. The van der Waals surface area contributed by atoms with Gasteiger partial charge in [0.15, 0.2) is 5.82 Å². The van der Waals surface area contributed by atoms with Gasteiger partial charge in [0.05, 0.1) is 23.7 Å². The molecule has 9 nitrogen and oxygen atoms in total. The fourth-order valence-corrected chi connectivity index (χ4v) is 5.29. The maximum absolute atomic E-state index is 13.2. The number of hydrogen-bond donors (Lipinski definition) is 1. The van der Waals surface area contributed by atoms with E-state index in [0.29, 0.717) is 49.2 Å². The first-order valence-electron chi connectivity index (χ1n) is 11.3. The molecule has 1 aromatic carbocycles. The van der Waals surface area contributed by atoms with Gasteiger partial charge in [0.1, 0.15) is 16.4 Å². The maximum Gasteiger partial charge on any atom is 0.264 e. The van der Waals surface area contributed by atoms with Crippen LogP contribution in [0.3, 0.4) is 0 Å². The Hall–Kier alpha value is -3.57. The molecule has 3 aromatic heterocycles. The van der Waals surface area contributed by atoms with E-state index in [1.165, 1.54) is 23.5 Å². The highest BCUT2D eigenvalue weighted by atomic mass is 32.1. The standard InChI is InChI=1S/C24H25FN6O3S/c1-15-11-21(28-34-15)26-22(32)14-29-7-9-30(10-8-29)23(33)20-12-19-16(2)27-31(24(19)35-20)13-17-3-5-18(25)6-4-17/h3-6,11-12H,7-10,13-14H2,1-2H3,(H,26,28,32). The van der Waals surface area contributed by atoms with Crippen LogP contribution in [0.4, 0.5) is 10.2 Å². The number of piperazine rings is 1. The van der Waals surface area contributed by atoms with Crippen LogP contribution >= 0.6 is 11.3 Å². The van der Waals surface area contributed by atoms with E-state index in [4.69, 9.17) is 4.52 Å². The fourth-order valence-electron chi connectivity index (χ4n) is 4.16. The lowest BCUT2D eigenvalue weighted by atomic mass is 10.2. The molecule has 2 amide bonds. The summed E-state index contributed by atoms with van der Waals surface area (Å²) in [5.74, 6) is 0.585. The third-order valence-electron chi connectivity index (χ3n) is 5.99. The van der Waals surface area contributed by atoms with Crippen molar-refractivity contribution in [2.24, 2.45) is 0 Å². The van der Waals surface area contributed by atoms with E-state index in [1.54, 1.807) is 25.1 Å². The average molecular weight is 497 g/mol. The molecular weight excluding hydrogens is 471 g/mol. The van der Waals surface area contributed by atoms with Gasteiger partial charge in [0, 0.05) is 37.6 Å². The molecule has 4 aromatic rings. The number of hydrogen-bond acceptors (Lipinski definition) is 7. The predicted molar refractivity (Wildman–Crippen MR) is 130 cm³/mol. The summed E-state index contributed by atoms with van der Waals surface area (Å²) in [6.45, 7) is 6.74. The van der Waals surface area contributed by atoms with Crippen LogP contribution in [0.2, 0.25) is 0 Å². The largest absolute Gasteiger partial charge is 0.360 e. The number of nitrogens with zero attached hydrogens (tertiary/aromatic N) is 5. The monoisotopic (exact) mass is 496 g/mol. The fraction of sp³-hybridized carbons (Fsp3) is 0.333. The number of benzene rings is 1. The molecule has 11 heteroatoms. The van der Waals surface area contributed by atoms with Gasteiger partial charge < -0.3 is 14.7 Å². The molecule has 1 N–H and O–H groups in total. The summed E-state index contributed by atoms with van der Waals surface area (Å²) in [4.78, 5) is 30.9. The van der Waals surface area contributed by atoms with Gasteiger partial charge in [0.25, 0.3) is 5.91 Å². The van der Waals surface area contributed by atoms with Gasteiger partial charge in [-0.15, -0.1) is 11.3 Å². The van der Waals surface area contributed by atoms with Crippen molar-refractivity contribution >= 4 is 39.2 Å². The van der Waals surface area contributed by atoms with Crippen LogP contribution in [0, 0.1) is 19.7 Å². The van der Waals surface area contributed by atoms with E-state index in [0.717, 1.165) is 21.5 Å². The van der Waals surface area contributed by atoms with E-state index >= 15 is 0 Å². The van der Waals surface area contributed by atoms with E-state index in [-0.39, 0.29) is 24.2 Å². The highest BCUT2D eigenvalue weighted by Crippen LogP contribution is 2.30. The SMILES string of the molecule is Cc1cc(NC(=O)CN2CCN(C(=O)c3cc4c(C)nn(Cc5ccc(F)cc5)c4s3)CC2)no1. The number of carbonyl (C=O) groups excluding carboxylic acids is 2. The maximum atomic E-state index is 13.2. The van der Waals surface area contributed by atoms with Gasteiger partial charge in [-0.1, -0.05) is 17.3 Å². The number of halogens is 1. The zero-order valence-corrected chi connectivity index (χ0v) is 20.3. The molecule has 0 aliphatic carbocycles. The van der Waals surface area contributed by atoms with Gasteiger partial charge in [-0.2, -0.15) is 5.10 Å². The number of thiophene rings is 1. The quantitative estimate of drug-likeness (QED) is 0.440. The summed E-state index contributed by atoms with van der Waals surface area (Å²) < 4.78 is 20.1. The number of carbonyl (C=O) groups is 2. The van der Waals surface area contributed by atoms with Crippen molar-refractivity contribution in [2.45, 2.75) is 20.4 Å². The van der Waals surface area contributed by atoms with Crippen molar-refractivity contribution in [3.8, 4) is 0 Å².